The van der Waals surface area contributed by atoms with Crippen molar-refractivity contribution in [2.75, 3.05) is 4.90 Å². The monoisotopic (exact) mass is 382 g/mol. The number of hydrogen-bond donors (Lipinski definition) is 1. The van der Waals surface area contributed by atoms with Crippen LogP contribution in [0.3, 0.4) is 0 Å². The Hall–Kier alpha value is -2.13. The zero-order valence-corrected chi connectivity index (χ0v) is 17.0. The average molecular weight is 383 g/mol. The topological polar surface area (TPSA) is 58.1 Å². The minimum atomic E-state index is 0.154. The first kappa shape index (κ1) is 18.2. The van der Waals surface area contributed by atoms with Crippen LogP contribution >= 0.6 is 11.3 Å². The summed E-state index contributed by atoms with van der Waals surface area (Å²) in [6.45, 7) is 6.15. The number of anilines is 1. The molecule has 0 aliphatic carbocycles. The van der Waals surface area contributed by atoms with Crippen LogP contribution in [0.4, 0.5) is 5.82 Å². The summed E-state index contributed by atoms with van der Waals surface area (Å²) in [5.41, 5.74) is 1.29. The third-order valence-electron chi connectivity index (χ3n) is 5.96. The fourth-order valence-corrected chi connectivity index (χ4v) is 5.57. The summed E-state index contributed by atoms with van der Waals surface area (Å²) in [6, 6.07) is 1.02. The van der Waals surface area contributed by atoms with E-state index in [1.807, 2.05) is 6.92 Å². The van der Waals surface area contributed by atoms with E-state index in [4.69, 9.17) is 0 Å². The van der Waals surface area contributed by atoms with Crippen LogP contribution in [0.5, 0.6) is 0 Å². The number of amides is 1. The van der Waals surface area contributed by atoms with Crippen LogP contribution in [0.15, 0.2) is 6.33 Å². The molecule has 0 radical (unpaired) electrons. The molecule has 0 spiro atoms. The fourth-order valence-electron chi connectivity index (χ4n) is 4.57. The zero-order valence-electron chi connectivity index (χ0n) is 16.2. The van der Waals surface area contributed by atoms with Gasteiger partial charge >= 0.3 is 0 Å². The predicted molar refractivity (Wildman–Crippen MR) is 110 cm³/mol. The van der Waals surface area contributed by atoms with Crippen molar-refractivity contribution in [1.82, 2.24) is 15.3 Å². The SMILES string of the molecule is CC#CCCCC(=O)N[C@@H]1C[C@@H]2CC[C@H]1N2c1ncnc2sc(C)c(C)c12. The molecule has 142 valence electrons. The molecule has 2 bridgehead atoms. The molecular formula is C21H26N4OS. The highest BCUT2D eigenvalue weighted by atomic mass is 32.1. The third kappa shape index (κ3) is 3.29. The maximum absolute atomic E-state index is 12.3. The fraction of sp³-hybridized carbons (Fsp3) is 0.571. The number of rotatable bonds is 5. The lowest BCUT2D eigenvalue weighted by Crippen LogP contribution is -2.44. The van der Waals surface area contributed by atoms with Gasteiger partial charge in [0, 0.05) is 23.8 Å². The molecule has 0 aromatic carbocycles. The first-order valence-electron chi connectivity index (χ1n) is 9.78. The number of carbonyl (C=O) groups is 1. The highest BCUT2D eigenvalue weighted by Gasteiger charge is 2.48. The smallest absolute Gasteiger partial charge is 0.220 e. The second-order valence-corrected chi connectivity index (χ2v) is 8.76. The molecule has 3 atom stereocenters. The van der Waals surface area contributed by atoms with Crippen LogP contribution in [0.25, 0.3) is 10.2 Å². The quantitative estimate of drug-likeness (QED) is 0.632. The first-order chi connectivity index (χ1) is 13.1. The normalized spacial score (nSPS) is 23.5. The number of thiophene rings is 1. The number of aryl methyl sites for hydroxylation is 2. The van der Waals surface area contributed by atoms with E-state index in [1.165, 1.54) is 22.2 Å². The largest absolute Gasteiger partial charge is 0.351 e. The molecule has 2 aliphatic rings. The Bertz CT molecular complexity index is 925. The van der Waals surface area contributed by atoms with E-state index in [1.54, 1.807) is 17.7 Å². The molecule has 4 rings (SSSR count). The molecule has 0 saturated carbocycles. The summed E-state index contributed by atoms with van der Waals surface area (Å²) >= 11 is 1.74. The number of unbranched alkanes of at least 4 members (excludes halogenated alkanes) is 1. The van der Waals surface area contributed by atoms with Gasteiger partial charge in [0.1, 0.15) is 17.0 Å². The summed E-state index contributed by atoms with van der Waals surface area (Å²) in [5, 5.41) is 4.48. The molecule has 2 saturated heterocycles. The minimum Gasteiger partial charge on any atom is -0.351 e. The van der Waals surface area contributed by atoms with E-state index < -0.39 is 0 Å². The second kappa shape index (κ2) is 7.47. The number of hydrogen-bond acceptors (Lipinski definition) is 5. The van der Waals surface area contributed by atoms with E-state index in [0.29, 0.717) is 18.5 Å². The number of nitrogens with one attached hydrogen (secondary N) is 1. The van der Waals surface area contributed by atoms with Gasteiger partial charge in [-0.1, -0.05) is 0 Å². The van der Waals surface area contributed by atoms with Gasteiger partial charge in [0.2, 0.25) is 5.91 Å². The molecule has 2 fully saturated rings. The standard InChI is InChI=1S/C21H26N4OS/c1-4-5-6-7-8-18(26)24-16-11-15-9-10-17(16)25(15)20-19-13(2)14(3)27-21(19)23-12-22-20/h12,15-17H,6-11H2,1-3H3,(H,24,26)/t15-,16+,17+/m0/s1. The lowest BCUT2D eigenvalue weighted by Gasteiger charge is -2.26. The van der Waals surface area contributed by atoms with Crippen molar-refractivity contribution in [3.8, 4) is 11.8 Å². The van der Waals surface area contributed by atoms with Crippen LogP contribution in [0.2, 0.25) is 0 Å². The molecule has 1 amide bonds. The molecule has 6 heteroatoms. The minimum absolute atomic E-state index is 0.154. The Kier molecular flexibility index (Phi) is 5.05. The highest BCUT2D eigenvalue weighted by molar-refractivity contribution is 7.18. The summed E-state index contributed by atoms with van der Waals surface area (Å²) < 4.78 is 0. The van der Waals surface area contributed by atoms with Gasteiger partial charge < -0.3 is 10.2 Å². The summed E-state index contributed by atoms with van der Waals surface area (Å²) in [7, 11) is 0. The summed E-state index contributed by atoms with van der Waals surface area (Å²) in [5.74, 6) is 7.12. The molecule has 27 heavy (non-hydrogen) atoms. The van der Waals surface area contributed by atoms with Crippen molar-refractivity contribution in [3.05, 3.63) is 16.8 Å². The van der Waals surface area contributed by atoms with Crippen molar-refractivity contribution < 1.29 is 4.79 Å². The van der Waals surface area contributed by atoms with Gasteiger partial charge in [-0.15, -0.1) is 23.2 Å². The molecule has 1 N–H and O–H groups in total. The van der Waals surface area contributed by atoms with Crippen LogP contribution in [-0.4, -0.2) is 34.0 Å². The number of carbonyl (C=O) groups excluding carboxylic acids is 1. The van der Waals surface area contributed by atoms with Crippen LogP contribution < -0.4 is 10.2 Å². The van der Waals surface area contributed by atoms with Gasteiger partial charge in [-0.25, -0.2) is 9.97 Å². The Morgan fingerprint density at radius 1 is 1.37 bits per heavy atom. The van der Waals surface area contributed by atoms with Crippen molar-refractivity contribution >= 4 is 33.3 Å². The number of fused-ring (bicyclic) bond motifs is 3. The van der Waals surface area contributed by atoms with Crippen molar-refractivity contribution in [3.63, 3.8) is 0 Å². The molecule has 0 unspecified atom stereocenters. The molecule has 5 nitrogen and oxygen atoms in total. The van der Waals surface area contributed by atoms with E-state index >= 15 is 0 Å². The Morgan fingerprint density at radius 3 is 3.04 bits per heavy atom. The highest BCUT2D eigenvalue weighted by Crippen LogP contribution is 2.44. The lowest BCUT2D eigenvalue weighted by atomic mass is 9.95. The Labute approximate surface area is 164 Å². The van der Waals surface area contributed by atoms with Crippen molar-refractivity contribution in [2.24, 2.45) is 0 Å². The van der Waals surface area contributed by atoms with Crippen molar-refractivity contribution in [1.29, 1.82) is 0 Å². The maximum Gasteiger partial charge on any atom is 0.220 e. The molecular weight excluding hydrogens is 356 g/mol. The van der Waals surface area contributed by atoms with Gasteiger partial charge in [0.15, 0.2) is 0 Å². The summed E-state index contributed by atoms with van der Waals surface area (Å²) in [4.78, 5) is 26.4. The van der Waals surface area contributed by atoms with Crippen molar-refractivity contribution in [2.45, 2.75) is 77.4 Å². The number of aromatic nitrogens is 2. The molecule has 2 aromatic heterocycles. The van der Waals surface area contributed by atoms with Gasteiger partial charge in [0.25, 0.3) is 0 Å². The lowest BCUT2D eigenvalue weighted by molar-refractivity contribution is -0.122. The average Bonchev–Trinajstić information content (AvgIpc) is 3.30. The van der Waals surface area contributed by atoms with Gasteiger partial charge in [-0.05, 0) is 52.0 Å². The maximum atomic E-state index is 12.3. The molecule has 4 heterocycles. The molecule has 2 aliphatic heterocycles. The van der Waals surface area contributed by atoms with E-state index in [0.717, 1.165) is 36.3 Å². The van der Waals surface area contributed by atoms with Gasteiger partial charge in [-0.3, -0.25) is 4.79 Å². The van der Waals surface area contributed by atoms with E-state index in [-0.39, 0.29) is 11.9 Å². The van der Waals surface area contributed by atoms with Gasteiger partial charge in [0.05, 0.1) is 17.5 Å². The zero-order chi connectivity index (χ0) is 19.0. The first-order valence-corrected chi connectivity index (χ1v) is 10.6. The predicted octanol–water partition coefficient (Wildman–Crippen LogP) is 3.73. The Morgan fingerprint density at radius 2 is 2.22 bits per heavy atom. The molecule has 2 aromatic rings. The number of nitrogens with zero attached hydrogens (tertiary/aromatic N) is 3. The van der Waals surface area contributed by atoms with Gasteiger partial charge in [-0.2, -0.15) is 0 Å². The third-order valence-corrected chi connectivity index (χ3v) is 7.07. The Balaban J connectivity index is 1.51. The van der Waals surface area contributed by atoms with Crippen LogP contribution in [0.1, 0.15) is 55.9 Å². The second-order valence-electron chi connectivity index (χ2n) is 7.56. The van der Waals surface area contributed by atoms with Crippen LogP contribution in [-0.2, 0) is 4.79 Å². The summed E-state index contributed by atoms with van der Waals surface area (Å²) in [6.07, 6.45) is 7.18. The van der Waals surface area contributed by atoms with E-state index in [2.05, 4.69) is 45.9 Å². The van der Waals surface area contributed by atoms with E-state index in [9.17, 15) is 4.79 Å². The van der Waals surface area contributed by atoms with Crippen LogP contribution in [0, 0.1) is 25.7 Å².